The zero-order chi connectivity index (χ0) is 19.9. The van der Waals surface area contributed by atoms with E-state index in [1.54, 1.807) is 18.2 Å². The Hall–Kier alpha value is -3.12. The molecule has 6 nitrogen and oxygen atoms in total. The van der Waals surface area contributed by atoms with Crippen LogP contribution in [0.1, 0.15) is 29.9 Å². The summed E-state index contributed by atoms with van der Waals surface area (Å²) in [4.78, 5) is 12.5. The monoisotopic (exact) mass is 396 g/mol. The van der Waals surface area contributed by atoms with Crippen molar-refractivity contribution in [2.75, 3.05) is 10.6 Å². The van der Waals surface area contributed by atoms with Gasteiger partial charge in [0.2, 0.25) is 0 Å². The molecule has 2 aromatic carbocycles. The molecule has 0 atom stereocenters. The lowest BCUT2D eigenvalue weighted by Gasteiger charge is -2.14. The Morgan fingerprint density at radius 2 is 1.79 bits per heavy atom. The van der Waals surface area contributed by atoms with Crippen molar-refractivity contribution < 1.29 is 9.53 Å². The summed E-state index contributed by atoms with van der Waals surface area (Å²) < 4.78 is 5.71. The average molecular weight is 397 g/mol. The summed E-state index contributed by atoms with van der Waals surface area (Å²) >= 11 is 5.88. The van der Waals surface area contributed by atoms with Gasteiger partial charge in [0, 0.05) is 11.6 Å². The second kappa shape index (κ2) is 9.19. The fourth-order valence-electron chi connectivity index (χ4n) is 2.46. The standard InChI is InChI=1S/C21H21ClN4O2/c1-14(2)28-19-6-4-3-5-17(19)24-21(27)18-11-12-20(26-25-18)23-13-15-7-9-16(22)10-8-15/h3-12,14H,13H2,1-2H3,(H,23,26)(H,24,27). The van der Waals surface area contributed by atoms with E-state index in [0.717, 1.165) is 5.56 Å². The van der Waals surface area contributed by atoms with E-state index in [9.17, 15) is 4.79 Å². The van der Waals surface area contributed by atoms with Gasteiger partial charge in [0.25, 0.3) is 5.91 Å². The lowest BCUT2D eigenvalue weighted by Crippen LogP contribution is -2.16. The maximum Gasteiger partial charge on any atom is 0.276 e. The summed E-state index contributed by atoms with van der Waals surface area (Å²) in [5.41, 5.74) is 1.87. The van der Waals surface area contributed by atoms with E-state index in [2.05, 4.69) is 20.8 Å². The number of amides is 1. The van der Waals surface area contributed by atoms with E-state index in [4.69, 9.17) is 16.3 Å². The predicted molar refractivity (Wildman–Crippen MR) is 111 cm³/mol. The summed E-state index contributed by atoms with van der Waals surface area (Å²) in [7, 11) is 0. The van der Waals surface area contributed by atoms with Crippen molar-refractivity contribution in [1.29, 1.82) is 0 Å². The van der Waals surface area contributed by atoms with Crippen molar-refractivity contribution in [3.8, 4) is 5.75 Å². The highest BCUT2D eigenvalue weighted by molar-refractivity contribution is 6.30. The number of ether oxygens (including phenoxy) is 1. The molecule has 1 heterocycles. The largest absolute Gasteiger partial charge is 0.489 e. The molecule has 3 aromatic rings. The van der Waals surface area contributed by atoms with Gasteiger partial charge in [0.15, 0.2) is 5.69 Å². The fraction of sp³-hybridized carbons (Fsp3) is 0.190. The Morgan fingerprint density at radius 1 is 1.04 bits per heavy atom. The average Bonchev–Trinajstić information content (AvgIpc) is 2.69. The molecule has 3 rings (SSSR count). The molecule has 1 aromatic heterocycles. The number of carbonyl (C=O) groups excluding carboxylic acids is 1. The van der Waals surface area contributed by atoms with Crippen molar-refractivity contribution in [3.05, 3.63) is 76.9 Å². The summed E-state index contributed by atoms with van der Waals surface area (Å²) in [6.45, 7) is 4.44. The number of carbonyl (C=O) groups is 1. The Balaban J connectivity index is 1.61. The number of nitrogens with one attached hydrogen (secondary N) is 2. The number of nitrogens with zero attached hydrogens (tertiary/aromatic N) is 2. The Kier molecular flexibility index (Phi) is 6.45. The van der Waals surface area contributed by atoms with E-state index >= 15 is 0 Å². The smallest absolute Gasteiger partial charge is 0.276 e. The van der Waals surface area contributed by atoms with Gasteiger partial charge in [-0.3, -0.25) is 4.79 Å². The third-order valence-electron chi connectivity index (χ3n) is 3.78. The predicted octanol–water partition coefficient (Wildman–Crippen LogP) is 4.78. The molecule has 2 N–H and O–H groups in total. The van der Waals surface area contributed by atoms with Crippen LogP contribution < -0.4 is 15.4 Å². The molecule has 28 heavy (non-hydrogen) atoms. The van der Waals surface area contributed by atoms with Gasteiger partial charge in [-0.1, -0.05) is 35.9 Å². The van der Waals surface area contributed by atoms with E-state index in [1.165, 1.54) is 0 Å². The van der Waals surface area contributed by atoms with E-state index in [-0.39, 0.29) is 17.7 Å². The van der Waals surface area contributed by atoms with Crippen LogP contribution in [0, 0.1) is 0 Å². The molecule has 0 unspecified atom stereocenters. The van der Waals surface area contributed by atoms with Crippen LogP contribution in [0.2, 0.25) is 5.02 Å². The van der Waals surface area contributed by atoms with E-state index in [1.807, 2.05) is 56.3 Å². The Labute approximate surface area is 168 Å². The van der Waals surface area contributed by atoms with Crippen LogP contribution in [0.3, 0.4) is 0 Å². The Morgan fingerprint density at radius 3 is 2.46 bits per heavy atom. The van der Waals surface area contributed by atoms with Gasteiger partial charge in [-0.25, -0.2) is 0 Å². The summed E-state index contributed by atoms with van der Waals surface area (Å²) in [5, 5.41) is 14.7. The van der Waals surface area contributed by atoms with Crippen molar-refractivity contribution in [2.45, 2.75) is 26.5 Å². The molecule has 1 amide bonds. The van der Waals surface area contributed by atoms with Crippen molar-refractivity contribution in [3.63, 3.8) is 0 Å². The van der Waals surface area contributed by atoms with Gasteiger partial charge in [-0.15, -0.1) is 10.2 Å². The SMILES string of the molecule is CC(C)Oc1ccccc1NC(=O)c1ccc(NCc2ccc(Cl)cc2)nn1. The van der Waals surface area contributed by atoms with Crippen LogP contribution in [0.25, 0.3) is 0 Å². The molecule has 0 spiro atoms. The maximum absolute atomic E-state index is 12.5. The number of halogens is 1. The van der Waals surface area contributed by atoms with E-state index < -0.39 is 0 Å². The lowest BCUT2D eigenvalue weighted by molar-refractivity contribution is 0.102. The van der Waals surface area contributed by atoms with Crippen LogP contribution in [-0.4, -0.2) is 22.2 Å². The molecule has 0 bridgehead atoms. The van der Waals surface area contributed by atoms with Gasteiger partial charge in [-0.05, 0) is 55.8 Å². The van der Waals surface area contributed by atoms with Crippen molar-refractivity contribution >= 4 is 29.0 Å². The number of hydrogen-bond donors (Lipinski definition) is 2. The highest BCUT2D eigenvalue weighted by Gasteiger charge is 2.12. The number of rotatable bonds is 7. The van der Waals surface area contributed by atoms with Crippen LogP contribution in [-0.2, 0) is 6.54 Å². The number of benzene rings is 2. The Bertz CT molecular complexity index is 928. The van der Waals surface area contributed by atoms with Crippen LogP contribution in [0.15, 0.2) is 60.7 Å². The molecular formula is C21H21ClN4O2. The third kappa shape index (κ3) is 5.44. The number of para-hydroxylation sites is 2. The molecule has 0 aliphatic heterocycles. The molecule has 0 aliphatic carbocycles. The lowest BCUT2D eigenvalue weighted by atomic mass is 10.2. The topological polar surface area (TPSA) is 76.1 Å². The molecule has 0 saturated carbocycles. The third-order valence-corrected chi connectivity index (χ3v) is 4.03. The first kappa shape index (κ1) is 19.6. The van der Waals surface area contributed by atoms with Gasteiger partial charge in [0.1, 0.15) is 11.6 Å². The minimum absolute atomic E-state index is 0.00356. The number of anilines is 2. The van der Waals surface area contributed by atoms with Crippen LogP contribution >= 0.6 is 11.6 Å². The first-order chi connectivity index (χ1) is 13.5. The minimum Gasteiger partial charge on any atom is -0.489 e. The molecule has 0 fully saturated rings. The van der Waals surface area contributed by atoms with Gasteiger partial charge in [0.05, 0.1) is 11.8 Å². The second-order valence-corrected chi connectivity index (χ2v) is 6.84. The molecule has 0 aliphatic rings. The fourth-order valence-corrected chi connectivity index (χ4v) is 2.58. The maximum atomic E-state index is 12.5. The van der Waals surface area contributed by atoms with Crippen molar-refractivity contribution in [2.24, 2.45) is 0 Å². The minimum atomic E-state index is -0.350. The van der Waals surface area contributed by atoms with Gasteiger partial charge < -0.3 is 15.4 Å². The summed E-state index contributed by atoms with van der Waals surface area (Å²) in [6, 6.07) is 18.1. The normalized spacial score (nSPS) is 10.6. The zero-order valence-corrected chi connectivity index (χ0v) is 16.4. The molecule has 144 valence electrons. The quantitative estimate of drug-likeness (QED) is 0.601. The van der Waals surface area contributed by atoms with Gasteiger partial charge >= 0.3 is 0 Å². The highest BCUT2D eigenvalue weighted by Crippen LogP contribution is 2.25. The molecule has 0 radical (unpaired) electrons. The molecule has 0 saturated heterocycles. The van der Waals surface area contributed by atoms with Crippen LogP contribution in [0.5, 0.6) is 5.75 Å². The first-order valence-electron chi connectivity index (χ1n) is 8.90. The second-order valence-electron chi connectivity index (χ2n) is 6.40. The van der Waals surface area contributed by atoms with Crippen molar-refractivity contribution in [1.82, 2.24) is 10.2 Å². The number of aromatic nitrogens is 2. The first-order valence-corrected chi connectivity index (χ1v) is 9.28. The zero-order valence-electron chi connectivity index (χ0n) is 15.6. The molecule has 7 heteroatoms. The summed E-state index contributed by atoms with van der Waals surface area (Å²) in [5.74, 6) is 0.839. The van der Waals surface area contributed by atoms with Gasteiger partial charge in [-0.2, -0.15) is 0 Å². The summed E-state index contributed by atoms with van der Waals surface area (Å²) in [6.07, 6.45) is 0.00356. The molecular weight excluding hydrogens is 376 g/mol. The number of hydrogen-bond acceptors (Lipinski definition) is 5. The van der Waals surface area contributed by atoms with E-state index in [0.29, 0.717) is 28.8 Å². The van der Waals surface area contributed by atoms with Crippen LogP contribution in [0.4, 0.5) is 11.5 Å². The highest BCUT2D eigenvalue weighted by atomic mass is 35.5.